The second-order valence-electron chi connectivity index (χ2n) is 3.90. The second kappa shape index (κ2) is 3.63. The molecule has 0 radical (unpaired) electrons. The summed E-state index contributed by atoms with van der Waals surface area (Å²) in [7, 11) is 0. The highest BCUT2D eigenvalue weighted by molar-refractivity contribution is 7.15. The molecule has 3 aromatic rings. The van der Waals surface area contributed by atoms with Gasteiger partial charge < -0.3 is 0 Å². The van der Waals surface area contributed by atoms with Gasteiger partial charge in [-0.05, 0) is 26.0 Å². The summed E-state index contributed by atoms with van der Waals surface area (Å²) < 4.78 is 14.9. The third-order valence-corrected chi connectivity index (χ3v) is 3.68. The normalized spacial score (nSPS) is 11.2. The van der Waals surface area contributed by atoms with Crippen molar-refractivity contribution in [1.29, 1.82) is 0 Å². The van der Waals surface area contributed by atoms with Crippen LogP contribution in [0.25, 0.3) is 16.3 Å². The van der Waals surface area contributed by atoms with E-state index in [-0.39, 0.29) is 5.82 Å². The number of nitrogens with zero attached hydrogens (tertiary/aromatic N) is 3. The van der Waals surface area contributed by atoms with Crippen LogP contribution in [-0.2, 0) is 0 Å². The molecule has 0 N–H and O–H groups in total. The van der Waals surface area contributed by atoms with Crippen molar-refractivity contribution >= 4 is 16.3 Å². The van der Waals surface area contributed by atoms with Crippen molar-refractivity contribution in [3.05, 3.63) is 40.9 Å². The first kappa shape index (κ1) is 10.4. The Morgan fingerprint density at radius 1 is 1.29 bits per heavy atom. The molecule has 3 nitrogen and oxygen atoms in total. The van der Waals surface area contributed by atoms with E-state index >= 15 is 0 Å². The van der Waals surface area contributed by atoms with Crippen LogP contribution in [0.5, 0.6) is 0 Å². The Balaban J connectivity index is 2.23. The van der Waals surface area contributed by atoms with Crippen molar-refractivity contribution in [3.63, 3.8) is 0 Å². The van der Waals surface area contributed by atoms with E-state index in [1.54, 1.807) is 17.4 Å². The standard InChI is InChI=1S/C12H10FN3S/c1-7-6-17-12-15-11(8(2)16(7)12)10-4-3-9(13)5-14-10/h3-6H,1-2H3. The largest absolute Gasteiger partial charge is 0.292 e. The highest BCUT2D eigenvalue weighted by atomic mass is 32.1. The van der Waals surface area contributed by atoms with E-state index in [2.05, 4.69) is 19.7 Å². The molecule has 86 valence electrons. The van der Waals surface area contributed by atoms with Crippen molar-refractivity contribution < 1.29 is 4.39 Å². The van der Waals surface area contributed by atoms with Crippen LogP contribution in [-0.4, -0.2) is 14.4 Å². The summed E-state index contributed by atoms with van der Waals surface area (Å²) in [6.07, 6.45) is 1.22. The fourth-order valence-electron chi connectivity index (χ4n) is 1.92. The molecule has 0 bridgehead atoms. The number of aromatic nitrogens is 3. The van der Waals surface area contributed by atoms with Crippen molar-refractivity contribution in [3.8, 4) is 11.4 Å². The molecule has 5 heteroatoms. The molecule has 0 unspecified atom stereocenters. The molecule has 0 aliphatic heterocycles. The van der Waals surface area contributed by atoms with Crippen LogP contribution in [0, 0.1) is 19.7 Å². The molecule has 0 saturated carbocycles. The molecule has 0 saturated heterocycles. The summed E-state index contributed by atoms with van der Waals surface area (Å²) in [5.41, 5.74) is 3.72. The van der Waals surface area contributed by atoms with E-state index < -0.39 is 0 Å². The lowest BCUT2D eigenvalue weighted by Crippen LogP contribution is -1.90. The van der Waals surface area contributed by atoms with E-state index in [1.165, 1.54) is 12.3 Å². The minimum atomic E-state index is -0.330. The molecule has 3 rings (SSSR count). The van der Waals surface area contributed by atoms with Gasteiger partial charge in [0.1, 0.15) is 11.5 Å². The summed E-state index contributed by atoms with van der Waals surface area (Å²) in [5.74, 6) is -0.330. The van der Waals surface area contributed by atoms with Crippen LogP contribution in [0.4, 0.5) is 4.39 Å². The van der Waals surface area contributed by atoms with Crippen LogP contribution in [0.15, 0.2) is 23.7 Å². The summed E-state index contributed by atoms with van der Waals surface area (Å²) in [6, 6.07) is 3.06. The Labute approximate surface area is 102 Å². The predicted molar refractivity (Wildman–Crippen MR) is 65.7 cm³/mol. The Hall–Kier alpha value is -1.75. The molecule has 3 heterocycles. The summed E-state index contributed by atoms with van der Waals surface area (Å²) >= 11 is 1.60. The average molecular weight is 247 g/mol. The fraction of sp³-hybridized carbons (Fsp3) is 0.167. The van der Waals surface area contributed by atoms with E-state index in [4.69, 9.17) is 0 Å². The van der Waals surface area contributed by atoms with Crippen molar-refractivity contribution in [2.24, 2.45) is 0 Å². The Morgan fingerprint density at radius 3 is 2.76 bits per heavy atom. The number of hydrogen-bond acceptors (Lipinski definition) is 3. The first-order valence-electron chi connectivity index (χ1n) is 5.22. The maximum Gasteiger partial charge on any atom is 0.194 e. The highest BCUT2D eigenvalue weighted by Crippen LogP contribution is 2.26. The molecular formula is C12H10FN3S. The molecule has 0 aliphatic rings. The zero-order valence-electron chi connectivity index (χ0n) is 9.44. The molecular weight excluding hydrogens is 237 g/mol. The number of hydrogen-bond donors (Lipinski definition) is 0. The van der Waals surface area contributed by atoms with Crippen LogP contribution in [0.1, 0.15) is 11.4 Å². The van der Waals surface area contributed by atoms with Crippen molar-refractivity contribution in [2.75, 3.05) is 0 Å². The van der Waals surface area contributed by atoms with Gasteiger partial charge in [-0.25, -0.2) is 9.37 Å². The lowest BCUT2D eigenvalue weighted by atomic mass is 10.2. The highest BCUT2D eigenvalue weighted by Gasteiger charge is 2.13. The van der Waals surface area contributed by atoms with Gasteiger partial charge in [0.25, 0.3) is 0 Å². The fourth-order valence-corrected chi connectivity index (χ4v) is 2.83. The van der Waals surface area contributed by atoms with E-state index in [1.807, 2.05) is 13.8 Å². The van der Waals surface area contributed by atoms with Crippen LogP contribution in [0.3, 0.4) is 0 Å². The van der Waals surface area contributed by atoms with E-state index in [0.717, 1.165) is 22.0 Å². The van der Waals surface area contributed by atoms with Crippen LogP contribution < -0.4 is 0 Å². The third-order valence-electron chi connectivity index (χ3n) is 2.73. The Bertz CT molecular complexity index is 682. The van der Waals surface area contributed by atoms with Crippen LogP contribution in [0.2, 0.25) is 0 Å². The minimum absolute atomic E-state index is 0.330. The van der Waals surface area contributed by atoms with Gasteiger partial charge in [0, 0.05) is 11.1 Å². The van der Waals surface area contributed by atoms with Gasteiger partial charge in [-0.15, -0.1) is 11.3 Å². The van der Waals surface area contributed by atoms with Crippen molar-refractivity contribution in [2.45, 2.75) is 13.8 Å². The predicted octanol–water partition coefficient (Wildman–Crippen LogP) is 3.21. The Kier molecular flexibility index (Phi) is 2.22. The Morgan fingerprint density at radius 2 is 2.12 bits per heavy atom. The smallest absolute Gasteiger partial charge is 0.194 e. The number of thiazole rings is 1. The average Bonchev–Trinajstić information content (AvgIpc) is 2.83. The minimum Gasteiger partial charge on any atom is -0.292 e. The number of imidazole rings is 1. The van der Waals surface area contributed by atoms with Gasteiger partial charge in [0.05, 0.1) is 17.6 Å². The number of fused-ring (bicyclic) bond motifs is 1. The molecule has 0 aromatic carbocycles. The maximum atomic E-state index is 12.8. The van der Waals surface area contributed by atoms with E-state index in [0.29, 0.717) is 5.69 Å². The lowest BCUT2D eigenvalue weighted by Gasteiger charge is -1.98. The quantitative estimate of drug-likeness (QED) is 0.661. The molecule has 17 heavy (non-hydrogen) atoms. The summed E-state index contributed by atoms with van der Waals surface area (Å²) in [5, 5.41) is 2.07. The van der Waals surface area contributed by atoms with Crippen molar-refractivity contribution in [1.82, 2.24) is 14.4 Å². The SMILES string of the molecule is Cc1csc2nc(-c3ccc(F)cn3)c(C)n12. The second-order valence-corrected chi connectivity index (χ2v) is 4.74. The topological polar surface area (TPSA) is 30.2 Å². The number of halogens is 1. The van der Waals surface area contributed by atoms with Gasteiger partial charge in [-0.3, -0.25) is 9.38 Å². The van der Waals surface area contributed by atoms with Gasteiger partial charge in [-0.2, -0.15) is 0 Å². The zero-order chi connectivity index (χ0) is 12.0. The van der Waals surface area contributed by atoms with E-state index in [9.17, 15) is 4.39 Å². The summed E-state index contributed by atoms with van der Waals surface area (Å²) in [4.78, 5) is 9.54. The third kappa shape index (κ3) is 1.54. The molecule has 0 atom stereocenters. The number of aryl methyl sites for hydroxylation is 2. The maximum absolute atomic E-state index is 12.8. The first-order valence-corrected chi connectivity index (χ1v) is 6.10. The van der Waals surface area contributed by atoms with Gasteiger partial charge >= 0.3 is 0 Å². The summed E-state index contributed by atoms with van der Waals surface area (Å²) in [6.45, 7) is 4.04. The molecule has 3 aromatic heterocycles. The van der Waals surface area contributed by atoms with Crippen LogP contribution >= 0.6 is 11.3 Å². The molecule has 0 amide bonds. The lowest BCUT2D eigenvalue weighted by molar-refractivity contribution is 0.622. The molecule has 0 spiro atoms. The van der Waals surface area contributed by atoms with Gasteiger partial charge in [-0.1, -0.05) is 0 Å². The molecule has 0 aliphatic carbocycles. The number of pyridine rings is 1. The van der Waals surface area contributed by atoms with Gasteiger partial charge in [0.2, 0.25) is 0 Å². The first-order chi connectivity index (χ1) is 8.16. The number of rotatable bonds is 1. The molecule has 0 fully saturated rings. The monoisotopic (exact) mass is 247 g/mol. The zero-order valence-corrected chi connectivity index (χ0v) is 10.3. The van der Waals surface area contributed by atoms with Gasteiger partial charge in [0.15, 0.2) is 4.96 Å².